The van der Waals surface area contributed by atoms with Gasteiger partial charge in [-0.25, -0.2) is 4.39 Å². The molecule has 0 heterocycles. The Labute approximate surface area is 79.7 Å². The topological polar surface area (TPSA) is 9.23 Å². The highest BCUT2D eigenvalue weighted by Gasteiger charge is 1.96. The minimum atomic E-state index is -0.217. The molecule has 0 N–H and O–H groups in total. The Kier molecular flexibility index (Phi) is 3.69. The minimum Gasteiger partial charge on any atom is -0.363 e. The van der Waals surface area contributed by atoms with E-state index < -0.39 is 0 Å². The summed E-state index contributed by atoms with van der Waals surface area (Å²) in [6.45, 7) is 2.40. The first-order valence-corrected chi connectivity index (χ1v) is 4.60. The molecule has 0 aromatic heterocycles. The van der Waals surface area contributed by atoms with E-state index in [0.717, 1.165) is 5.56 Å². The van der Waals surface area contributed by atoms with Gasteiger partial charge in [0, 0.05) is 0 Å². The van der Waals surface area contributed by atoms with Crippen LogP contribution in [0.25, 0.3) is 0 Å². The number of benzene rings is 1. The van der Waals surface area contributed by atoms with E-state index in [0.29, 0.717) is 6.61 Å². The predicted molar refractivity (Wildman–Crippen MR) is 49.6 cm³/mol. The molecule has 1 atom stereocenters. The summed E-state index contributed by atoms with van der Waals surface area (Å²) in [6.07, 6.45) is 0. The lowest BCUT2D eigenvalue weighted by molar-refractivity contribution is 0.115. The molecule has 0 radical (unpaired) electrons. The third-order valence-corrected chi connectivity index (χ3v) is 1.66. The zero-order valence-electron chi connectivity index (χ0n) is 6.76. The molecule has 3 heteroatoms. The van der Waals surface area contributed by atoms with E-state index in [1.807, 2.05) is 6.92 Å². The van der Waals surface area contributed by atoms with Gasteiger partial charge in [0.2, 0.25) is 0 Å². The number of hydrogen-bond donors (Lipinski definition) is 0. The second-order valence-corrected chi connectivity index (χ2v) is 3.77. The summed E-state index contributed by atoms with van der Waals surface area (Å²) >= 11 is 3.25. The Balaban J connectivity index is 2.48. The summed E-state index contributed by atoms with van der Waals surface area (Å²) in [5, 5.41) is 0.0301. The van der Waals surface area contributed by atoms with Crippen molar-refractivity contribution in [3.05, 3.63) is 35.6 Å². The van der Waals surface area contributed by atoms with Crippen molar-refractivity contribution in [2.45, 2.75) is 18.5 Å². The fraction of sp³-hybridized carbons (Fsp3) is 0.333. The van der Waals surface area contributed by atoms with Crippen molar-refractivity contribution in [1.82, 2.24) is 0 Å². The van der Waals surface area contributed by atoms with E-state index in [1.54, 1.807) is 12.1 Å². The van der Waals surface area contributed by atoms with Crippen LogP contribution in [0.2, 0.25) is 0 Å². The Morgan fingerprint density at radius 3 is 2.50 bits per heavy atom. The quantitative estimate of drug-likeness (QED) is 0.729. The van der Waals surface area contributed by atoms with Gasteiger partial charge in [-0.05, 0) is 24.6 Å². The van der Waals surface area contributed by atoms with Gasteiger partial charge in [-0.2, -0.15) is 0 Å². The molecular weight excluding hydrogens is 223 g/mol. The smallest absolute Gasteiger partial charge is 0.123 e. The first-order valence-electron chi connectivity index (χ1n) is 3.68. The van der Waals surface area contributed by atoms with E-state index in [9.17, 15) is 4.39 Å². The standard InChI is InChI=1S/C9H10BrFO/c1-7(10)12-6-8-2-4-9(11)5-3-8/h2-5,7H,6H2,1H3. The maximum Gasteiger partial charge on any atom is 0.123 e. The largest absolute Gasteiger partial charge is 0.363 e. The molecule has 0 aliphatic rings. The van der Waals surface area contributed by atoms with Crippen LogP contribution >= 0.6 is 15.9 Å². The lowest BCUT2D eigenvalue weighted by Gasteiger charge is -2.05. The van der Waals surface area contributed by atoms with E-state index in [-0.39, 0.29) is 10.8 Å². The van der Waals surface area contributed by atoms with Crippen molar-refractivity contribution in [3.8, 4) is 0 Å². The van der Waals surface area contributed by atoms with Crippen LogP contribution in [0.4, 0.5) is 4.39 Å². The number of rotatable bonds is 3. The Morgan fingerprint density at radius 2 is 2.00 bits per heavy atom. The van der Waals surface area contributed by atoms with Crippen LogP contribution in [0.5, 0.6) is 0 Å². The highest BCUT2D eigenvalue weighted by atomic mass is 79.9. The van der Waals surface area contributed by atoms with Gasteiger partial charge in [0.05, 0.1) is 6.61 Å². The van der Waals surface area contributed by atoms with Crippen LogP contribution in [0.1, 0.15) is 12.5 Å². The van der Waals surface area contributed by atoms with Crippen molar-refractivity contribution in [3.63, 3.8) is 0 Å². The fourth-order valence-electron chi connectivity index (χ4n) is 0.792. The van der Waals surface area contributed by atoms with Gasteiger partial charge >= 0.3 is 0 Å². The summed E-state index contributed by atoms with van der Waals surface area (Å²) in [7, 11) is 0. The molecule has 0 aliphatic heterocycles. The zero-order chi connectivity index (χ0) is 8.97. The van der Waals surface area contributed by atoms with Crippen LogP contribution in [-0.4, -0.2) is 5.01 Å². The van der Waals surface area contributed by atoms with E-state index >= 15 is 0 Å². The van der Waals surface area contributed by atoms with Crippen LogP contribution < -0.4 is 0 Å². The maximum absolute atomic E-state index is 12.4. The molecule has 0 bridgehead atoms. The van der Waals surface area contributed by atoms with Crippen molar-refractivity contribution < 1.29 is 9.13 Å². The normalized spacial score (nSPS) is 12.9. The third-order valence-electron chi connectivity index (χ3n) is 1.39. The molecule has 1 unspecified atom stereocenters. The number of halogens is 2. The minimum absolute atomic E-state index is 0.0301. The molecule has 12 heavy (non-hydrogen) atoms. The van der Waals surface area contributed by atoms with E-state index in [2.05, 4.69) is 15.9 Å². The molecular formula is C9H10BrFO. The Morgan fingerprint density at radius 1 is 1.42 bits per heavy atom. The molecule has 66 valence electrons. The molecule has 1 aromatic carbocycles. The summed E-state index contributed by atoms with van der Waals surface area (Å²) in [6, 6.07) is 6.28. The molecule has 0 aliphatic carbocycles. The lowest BCUT2D eigenvalue weighted by Crippen LogP contribution is -1.98. The van der Waals surface area contributed by atoms with Crippen molar-refractivity contribution in [2.75, 3.05) is 0 Å². The average Bonchev–Trinajstić information content (AvgIpc) is 2.03. The maximum atomic E-state index is 12.4. The van der Waals surface area contributed by atoms with Gasteiger partial charge in [0.15, 0.2) is 0 Å². The van der Waals surface area contributed by atoms with E-state index in [4.69, 9.17) is 4.74 Å². The molecule has 0 amide bonds. The van der Waals surface area contributed by atoms with Gasteiger partial charge in [-0.15, -0.1) is 0 Å². The fourth-order valence-corrected chi connectivity index (χ4v) is 0.924. The molecule has 0 saturated carbocycles. The van der Waals surface area contributed by atoms with Gasteiger partial charge in [0.25, 0.3) is 0 Å². The summed E-state index contributed by atoms with van der Waals surface area (Å²) in [5.74, 6) is -0.217. The molecule has 0 saturated heterocycles. The SMILES string of the molecule is CC(Br)OCc1ccc(F)cc1. The highest BCUT2D eigenvalue weighted by Crippen LogP contribution is 2.07. The summed E-state index contributed by atoms with van der Waals surface area (Å²) < 4.78 is 17.7. The number of alkyl halides is 1. The van der Waals surface area contributed by atoms with Crippen molar-refractivity contribution in [1.29, 1.82) is 0 Å². The first kappa shape index (κ1) is 9.68. The molecule has 1 rings (SSSR count). The number of hydrogen-bond acceptors (Lipinski definition) is 1. The highest BCUT2D eigenvalue weighted by molar-refractivity contribution is 9.09. The molecule has 0 fully saturated rings. The van der Waals surface area contributed by atoms with Gasteiger partial charge in [0.1, 0.15) is 10.8 Å². The van der Waals surface area contributed by atoms with Crippen LogP contribution in [0.3, 0.4) is 0 Å². The third kappa shape index (κ3) is 3.32. The van der Waals surface area contributed by atoms with Gasteiger partial charge in [-0.1, -0.05) is 28.1 Å². The average molecular weight is 233 g/mol. The van der Waals surface area contributed by atoms with E-state index in [1.165, 1.54) is 12.1 Å². The zero-order valence-corrected chi connectivity index (χ0v) is 8.34. The lowest BCUT2D eigenvalue weighted by atomic mass is 10.2. The van der Waals surface area contributed by atoms with Crippen LogP contribution in [0.15, 0.2) is 24.3 Å². The van der Waals surface area contributed by atoms with Crippen molar-refractivity contribution in [2.24, 2.45) is 0 Å². The molecule has 1 aromatic rings. The predicted octanol–water partition coefficient (Wildman–Crippen LogP) is 3.08. The van der Waals surface area contributed by atoms with Gasteiger partial charge < -0.3 is 4.74 Å². The molecule has 0 spiro atoms. The van der Waals surface area contributed by atoms with Crippen LogP contribution in [-0.2, 0) is 11.3 Å². The van der Waals surface area contributed by atoms with Crippen molar-refractivity contribution >= 4 is 15.9 Å². The van der Waals surface area contributed by atoms with Crippen LogP contribution in [0, 0.1) is 5.82 Å². The monoisotopic (exact) mass is 232 g/mol. The first-order chi connectivity index (χ1) is 5.68. The molecule has 1 nitrogen and oxygen atoms in total. The second kappa shape index (κ2) is 4.58. The summed E-state index contributed by atoms with van der Waals surface area (Å²) in [5.41, 5.74) is 0.975. The Bertz CT molecular complexity index is 233. The Hall–Kier alpha value is -0.410. The second-order valence-electron chi connectivity index (χ2n) is 2.48. The number of ether oxygens (including phenoxy) is 1. The summed E-state index contributed by atoms with van der Waals surface area (Å²) in [4.78, 5) is 0. The van der Waals surface area contributed by atoms with Gasteiger partial charge in [-0.3, -0.25) is 0 Å².